The molecule has 1 aliphatic heterocycles. The van der Waals surface area contributed by atoms with Crippen molar-refractivity contribution in [2.24, 2.45) is 5.41 Å². The Morgan fingerprint density at radius 2 is 2.15 bits per heavy atom. The Morgan fingerprint density at radius 1 is 1.46 bits per heavy atom. The molecule has 0 radical (unpaired) electrons. The highest BCUT2D eigenvalue weighted by Gasteiger charge is 2.32. The fourth-order valence-electron chi connectivity index (χ4n) is 2.02. The van der Waals surface area contributed by atoms with E-state index >= 15 is 0 Å². The van der Waals surface area contributed by atoms with Crippen LogP contribution >= 0.6 is 0 Å². The predicted molar refractivity (Wildman–Crippen MR) is 58.0 cm³/mol. The standard InChI is InChI=1S/C11H24N2/c1-5-13(4)9-10-11(2,3)7-6-8-12-10/h10,12H,5-9H2,1-4H3. The minimum Gasteiger partial charge on any atom is -0.312 e. The molecule has 0 aliphatic carbocycles. The van der Waals surface area contributed by atoms with Gasteiger partial charge in [-0.1, -0.05) is 20.8 Å². The van der Waals surface area contributed by atoms with Crippen LogP contribution in [0.25, 0.3) is 0 Å². The van der Waals surface area contributed by atoms with Gasteiger partial charge in [0.1, 0.15) is 0 Å². The Labute approximate surface area is 82.7 Å². The molecule has 0 amide bonds. The summed E-state index contributed by atoms with van der Waals surface area (Å²) >= 11 is 0. The first-order valence-electron chi connectivity index (χ1n) is 5.48. The summed E-state index contributed by atoms with van der Waals surface area (Å²) in [5, 5.41) is 3.63. The van der Waals surface area contributed by atoms with Crippen molar-refractivity contribution in [2.45, 2.75) is 39.7 Å². The van der Waals surface area contributed by atoms with Crippen LogP contribution in [0.1, 0.15) is 33.6 Å². The van der Waals surface area contributed by atoms with Crippen LogP contribution in [0.15, 0.2) is 0 Å². The highest BCUT2D eigenvalue weighted by molar-refractivity contribution is 4.89. The Hall–Kier alpha value is -0.0800. The SMILES string of the molecule is CCN(C)CC1NCCCC1(C)C. The molecule has 1 atom stereocenters. The fourth-order valence-corrected chi connectivity index (χ4v) is 2.02. The minimum absolute atomic E-state index is 0.474. The maximum Gasteiger partial charge on any atom is 0.0245 e. The molecule has 0 aromatic rings. The zero-order valence-electron chi connectivity index (χ0n) is 9.56. The number of hydrogen-bond acceptors (Lipinski definition) is 2. The van der Waals surface area contributed by atoms with Crippen LogP contribution in [0.2, 0.25) is 0 Å². The number of nitrogens with zero attached hydrogens (tertiary/aromatic N) is 1. The Morgan fingerprint density at radius 3 is 2.69 bits per heavy atom. The molecule has 0 spiro atoms. The second-order valence-electron chi connectivity index (χ2n) is 4.95. The average Bonchev–Trinajstić information content (AvgIpc) is 2.08. The lowest BCUT2D eigenvalue weighted by Gasteiger charge is -2.41. The van der Waals surface area contributed by atoms with E-state index < -0.39 is 0 Å². The predicted octanol–water partition coefficient (Wildman–Crippen LogP) is 1.72. The molecule has 1 unspecified atom stereocenters. The number of likely N-dealkylation sites (N-methyl/N-ethyl adjacent to an activating group) is 1. The molecule has 78 valence electrons. The first-order chi connectivity index (χ1) is 6.06. The molecule has 1 heterocycles. The van der Waals surface area contributed by atoms with Gasteiger partial charge in [0.25, 0.3) is 0 Å². The molecule has 13 heavy (non-hydrogen) atoms. The number of hydrogen-bond donors (Lipinski definition) is 1. The van der Waals surface area contributed by atoms with E-state index in [9.17, 15) is 0 Å². The summed E-state index contributed by atoms with van der Waals surface area (Å²) in [6, 6.07) is 0.672. The molecule has 1 saturated heterocycles. The third kappa shape index (κ3) is 2.96. The van der Waals surface area contributed by atoms with Crippen molar-refractivity contribution in [2.75, 3.05) is 26.7 Å². The number of piperidine rings is 1. The summed E-state index contributed by atoms with van der Waals surface area (Å²) in [5.74, 6) is 0. The lowest BCUT2D eigenvalue weighted by molar-refractivity contribution is 0.141. The summed E-state index contributed by atoms with van der Waals surface area (Å²) in [4.78, 5) is 2.39. The number of nitrogens with one attached hydrogen (secondary N) is 1. The van der Waals surface area contributed by atoms with Gasteiger partial charge in [-0.25, -0.2) is 0 Å². The Balaban J connectivity index is 2.46. The zero-order chi connectivity index (χ0) is 9.90. The van der Waals surface area contributed by atoms with E-state index in [1.165, 1.54) is 25.9 Å². The Bertz CT molecular complexity index is 154. The molecular formula is C11H24N2. The van der Waals surface area contributed by atoms with Gasteiger partial charge in [-0.2, -0.15) is 0 Å². The maximum absolute atomic E-state index is 3.63. The van der Waals surface area contributed by atoms with Crippen molar-refractivity contribution in [3.05, 3.63) is 0 Å². The molecule has 1 fully saturated rings. The van der Waals surface area contributed by atoms with Gasteiger partial charge in [-0.3, -0.25) is 0 Å². The van der Waals surface area contributed by atoms with Crippen LogP contribution in [0.4, 0.5) is 0 Å². The third-order valence-electron chi connectivity index (χ3n) is 3.37. The highest BCUT2D eigenvalue weighted by Crippen LogP contribution is 2.30. The summed E-state index contributed by atoms with van der Waals surface area (Å²) in [7, 11) is 2.20. The highest BCUT2D eigenvalue weighted by atomic mass is 15.1. The molecule has 1 aliphatic rings. The second-order valence-corrected chi connectivity index (χ2v) is 4.95. The van der Waals surface area contributed by atoms with E-state index in [1.54, 1.807) is 0 Å². The average molecular weight is 184 g/mol. The van der Waals surface area contributed by atoms with E-state index in [2.05, 4.69) is 38.0 Å². The largest absolute Gasteiger partial charge is 0.312 e. The molecule has 0 bridgehead atoms. The molecule has 0 aromatic heterocycles. The van der Waals surface area contributed by atoms with Gasteiger partial charge < -0.3 is 10.2 Å². The van der Waals surface area contributed by atoms with E-state index in [0.29, 0.717) is 11.5 Å². The third-order valence-corrected chi connectivity index (χ3v) is 3.37. The van der Waals surface area contributed by atoms with Crippen LogP contribution in [-0.4, -0.2) is 37.6 Å². The quantitative estimate of drug-likeness (QED) is 0.718. The summed E-state index contributed by atoms with van der Waals surface area (Å²) < 4.78 is 0. The zero-order valence-corrected chi connectivity index (χ0v) is 9.56. The van der Waals surface area contributed by atoms with E-state index in [4.69, 9.17) is 0 Å². The first kappa shape index (κ1) is 11.0. The molecule has 0 aromatic carbocycles. The van der Waals surface area contributed by atoms with Gasteiger partial charge in [0.05, 0.1) is 0 Å². The van der Waals surface area contributed by atoms with E-state index in [1.807, 2.05) is 0 Å². The Kier molecular flexibility index (Phi) is 3.74. The van der Waals surface area contributed by atoms with Crippen LogP contribution in [0, 0.1) is 5.41 Å². The van der Waals surface area contributed by atoms with E-state index in [-0.39, 0.29) is 0 Å². The second kappa shape index (κ2) is 4.43. The van der Waals surface area contributed by atoms with Crippen LogP contribution < -0.4 is 5.32 Å². The molecule has 0 saturated carbocycles. The molecule has 2 heteroatoms. The summed E-state index contributed by atoms with van der Waals surface area (Å²) in [5.41, 5.74) is 0.474. The van der Waals surface area contributed by atoms with Crippen molar-refractivity contribution in [1.82, 2.24) is 10.2 Å². The van der Waals surface area contributed by atoms with Crippen molar-refractivity contribution in [1.29, 1.82) is 0 Å². The van der Waals surface area contributed by atoms with Crippen molar-refractivity contribution >= 4 is 0 Å². The van der Waals surface area contributed by atoms with Gasteiger partial charge in [-0.15, -0.1) is 0 Å². The first-order valence-corrected chi connectivity index (χ1v) is 5.48. The molecular weight excluding hydrogens is 160 g/mol. The van der Waals surface area contributed by atoms with Crippen LogP contribution in [-0.2, 0) is 0 Å². The minimum atomic E-state index is 0.474. The van der Waals surface area contributed by atoms with Gasteiger partial charge in [-0.05, 0) is 38.4 Å². The van der Waals surface area contributed by atoms with Crippen molar-refractivity contribution < 1.29 is 0 Å². The maximum atomic E-state index is 3.63. The lowest BCUT2D eigenvalue weighted by Crippen LogP contribution is -2.52. The van der Waals surface area contributed by atoms with Gasteiger partial charge >= 0.3 is 0 Å². The lowest BCUT2D eigenvalue weighted by atomic mass is 9.77. The van der Waals surface area contributed by atoms with Crippen LogP contribution in [0.3, 0.4) is 0 Å². The smallest absolute Gasteiger partial charge is 0.0245 e. The number of rotatable bonds is 3. The van der Waals surface area contributed by atoms with Gasteiger partial charge in [0.2, 0.25) is 0 Å². The van der Waals surface area contributed by atoms with Crippen molar-refractivity contribution in [3.63, 3.8) is 0 Å². The van der Waals surface area contributed by atoms with E-state index in [0.717, 1.165) is 6.54 Å². The monoisotopic (exact) mass is 184 g/mol. The van der Waals surface area contributed by atoms with Crippen LogP contribution in [0.5, 0.6) is 0 Å². The molecule has 1 N–H and O–H groups in total. The van der Waals surface area contributed by atoms with Crippen molar-refractivity contribution in [3.8, 4) is 0 Å². The summed E-state index contributed by atoms with van der Waals surface area (Å²) in [6.45, 7) is 10.5. The molecule has 2 nitrogen and oxygen atoms in total. The molecule has 1 rings (SSSR count). The van der Waals surface area contributed by atoms with Gasteiger partial charge in [0.15, 0.2) is 0 Å². The van der Waals surface area contributed by atoms with Gasteiger partial charge in [0, 0.05) is 12.6 Å². The topological polar surface area (TPSA) is 15.3 Å². The fraction of sp³-hybridized carbons (Fsp3) is 1.00. The summed E-state index contributed by atoms with van der Waals surface area (Å²) in [6.07, 6.45) is 2.70. The normalized spacial score (nSPS) is 27.9.